The number of allylic oxidation sites excluding steroid dienone is 4. The first-order valence-corrected chi connectivity index (χ1v) is 9.54. The third-order valence-corrected chi connectivity index (χ3v) is 3.95. The molecule has 0 fully saturated rings. The van der Waals surface area contributed by atoms with Gasteiger partial charge in [-0.3, -0.25) is 0 Å². The van der Waals surface area contributed by atoms with Gasteiger partial charge < -0.3 is 5.41 Å². The summed E-state index contributed by atoms with van der Waals surface area (Å²) in [7, 11) is -3.38. The molecule has 0 bridgehead atoms. The largest absolute Gasteiger partial charge is 0.301 e. The van der Waals surface area contributed by atoms with Crippen LogP contribution in [0.5, 0.6) is 0 Å². The van der Waals surface area contributed by atoms with E-state index in [-0.39, 0.29) is 0 Å². The van der Waals surface area contributed by atoms with Gasteiger partial charge in [0.15, 0.2) is 0 Å². The van der Waals surface area contributed by atoms with Crippen LogP contribution in [0.2, 0.25) is 0 Å². The molecule has 0 aromatic carbocycles. The van der Waals surface area contributed by atoms with Gasteiger partial charge in [-0.05, 0) is 36.6 Å². The third kappa shape index (κ3) is 7.95. The van der Waals surface area contributed by atoms with Crippen molar-refractivity contribution in [3.05, 3.63) is 23.8 Å². The minimum Gasteiger partial charge on any atom is -0.301 e. The summed E-state index contributed by atoms with van der Waals surface area (Å²) >= 11 is 0. The molecule has 0 amide bonds. The topological polar surface area (TPSA) is 70.3 Å². The summed E-state index contributed by atoms with van der Waals surface area (Å²) in [5.41, 5.74) is 1.77. The van der Waals surface area contributed by atoms with Crippen molar-refractivity contribution in [1.29, 1.82) is 5.41 Å². The first-order valence-electron chi connectivity index (χ1n) is 7.70. The summed E-state index contributed by atoms with van der Waals surface area (Å²) in [6, 6.07) is 0. The summed E-state index contributed by atoms with van der Waals surface area (Å²) in [6.07, 6.45) is 15.4. The van der Waals surface area contributed by atoms with Gasteiger partial charge in [-0.15, -0.1) is 0 Å². The van der Waals surface area contributed by atoms with E-state index in [4.69, 9.17) is 5.41 Å². The molecule has 0 aliphatic heterocycles. The number of nitrogens with one attached hydrogen (secondary N) is 1. The SMILES string of the molecule is CCCCCCCCCC1=CC(=NS(C)(=O)=O)C=CC1=N. The fraction of sp³-hybridized carbons (Fsp3) is 0.625. The lowest BCUT2D eigenvalue weighted by Gasteiger charge is -2.10. The number of sulfonamides is 1. The van der Waals surface area contributed by atoms with Crippen LogP contribution in [0.25, 0.3) is 0 Å². The molecule has 0 unspecified atom stereocenters. The normalized spacial score (nSPS) is 17.3. The summed E-state index contributed by atoms with van der Waals surface area (Å²) < 4.78 is 26.0. The molecule has 21 heavy (non-hydrogen) atoms. The number of rotatable bonds is 9. The van der Waals surface area contributed by atoms with Gasteiger partial charge in [0.25, 0.3) is 10.0 Å². The highest BCUT2D eigenvalue weighted by atomic mass is 32.2. The van der Waals surface area contributed by atoms with Crippen molar-refractivity contribution >= 4 is 21.4 Å². The Morgan fingerprint density at radius 3 is 2.29 bits per heavy atom. The van der Waals surface area contributed by atoms with Crippen molar-refractivity contribution in [3.63, 3.8) is 0 Å². The maximum absolute atomic E-state index is 11.2. The van der Waals surface area contributed by atoms with Gasteiger partial charge >= 0.3 is 0 Å². The molecule has 0 aromatic heterocycles. The Labute approximate surface area is 128 Å². The molecule has 1 N–H and O–H groups in total. The molecular formula is C16H26N2O2S. The van der Waals surface area contributed by atoms with E-state index in [0.717, 1.165) is 31.1 Å². The van der Waals surface area contributed by atoms with Crippen molar-refractivity contribution in [1.82, 2.24) is 0 Å². The monoisotopic (exact) mass is 310 g/mol. The predicted octanol–water partition coefficient (Wildman–Crippen LogP) is 4.04. The lowest BCUT2D eigenvalue weighted by molar-refractivity contribution is 0.590. The molecule has 0 heterocycles. The Morgan fingerprint density at radius 2 is 1.67 bits per heavy atom. The van der Waals surface area contributed by atoms with Crippen molar-refractivity contribution in [2.24, 2.45) is 4.40 Å². The van der Waals surface area contributed by atoms with Crippen LogP contribution in [0.1, 0.15) is 58.3 Å². The van der Waals surface area contributed by atoms with Crippen LogP contribution in [-0.2, 0) is 10.0 Å². The van der Waals surface area contributed by atoms with E-state index < -0.39 is 10.0 Å². The average molecular weight is 310 g/mol. The van der Waals surface area contributed by atoms with Gasteiger partial charge in [-0.2, -0.15) is 4.40 Å². The zero-order valence-corrected chi connectivity index (χ0v) is 13.9. The van der Waals surface area contributed by atoms with Gasteiger partial charge in [0.05, 0.1) is 17.7 Å². The molecule has 1 aliphatic rings. The Hall–Kier alpha value is -1.23. The van der Waals surface area contributed by atoms with Crippen LogP contribution in [-0.4, -0.2) is 26.1 Å². The maximum atomic E-state index is 11.2. The second-order valence-electron chi connectivity index (χ2n) is 5.54. The lowest BCUT2D eigenvalue weighted by Crippen LogP contribution is -2.09. The summed E-state index contributed by atoms with van der Waals surface area (Å²) in [5.74, 6) is 0. The van der Waals surface area contributed by atoms with Crippen molar-refractivity contribution in [2.75, 3.05) is 6.26 Å². The molecular weight excluding hydrogens is 284 g/mol. The molecule has 4 nitrogen and oxygen atoms in total. The summed E-state index contributed by atoms with van der Waals surface area (Å²) in [4.78, 5) is 0. The zero-order chi connectivity index (χ0) is 15.7. The van der Waals surface area contributed by atoms with Gasteiger partial charge in [-0.25, -0.2) is 8.42 Å². The van der Waals surface area contributed by atoms with E-state index in [0.29, 0.717) is 11.4 Å². The second-order valence-corrected chi connectivity index (χ2v) is 7.19. The van der Waals surface area contributed by atoms with Crippen LogP contribution < -0.4 is 0 Å². The molecule has 1 rings (SSSR count). The Morgan fingerprint density at radius 1 is 1.05 bits per heavy atom. The Kier molecular flexibility index (Phi) is 7.57. The van der Waals surface area contributed by atoms with Crippen LogP contribution in [0.3, 0.4) is 0 Å². The summed E-state index contributed by atoms with van der Waals surface area (Å²) in [5, 5.41) is 7.88. The molecule has 5 heteroatoms. The highest BCUT2D eigenvalue weighted by molar-refractivity contribution is 7.89. The zero-order valence-electron chi connectivity index (χ0n) is 13.1. The minimum atomic E-state index is -3.38. The van der Waals surface area contributed by atoms with Crippen molar-refractivity contribution in [3.8, 4) is 0 Å². The number of nitrogens with zero attached hydrogens (tertiary/aromatic N) is 1. The molecule has 118 valence electrons. The molecule has 0 saturated carbocycles. The Balaban J connectivity index is 2.42. The van der Waals surface area contributed by atoms with Crippen LogP contribution >= 0.6 is 0 Å². The quantitative estimate of drug-likeness (QED) is 0.515. The number of hydrogen-bond donors (Lipinski definition) is 1. The molecule has 0 atom stereocenters. The van der Waals surface area contributed by atoms with E-state index in [9.17, 15) is 8.42 Å². The molecule has 0 radical (unpaired) electrons. The number of unbranched alkanes of at least 4 members (excludes halogenated alkanes) is 6. The van der Waals surface area contributed by atoms with Gasteiger partial charge in [0.2, 0.25) is 0 Å². The Bertz CT molecular complexity index is 543. The predicted molar refractivity (Wildman–Crippen MR) is 89.8 cm³/mol. The van der Waals surface area contributed by atoms with E-state index in [1.807, 2.05) is 0 Å². The fourth-order valence-corrected chi connectivity index (χ4v) is 2.80. The van der Waals surface area contributed by atoms with Crippen LogP contribution in [0.15, 0.2) is 28.2 Å². The van der Waals surface area contributed by atoms with Crippen LogP contribution in [0.4, 0.5) is 0 Å². The van der Waals surface area contributed by atoms with Crippen molar-refractivity contribution in [2.45, 2.75) is 58.3 Å². The smallest absolute Gasteiger partial charge is 0.250 e. The van der Waals surface area contributed by atoms with Crippen LogP contribution in [0, 0.1) is 5.41 Å². The lowest BCUT2D eigenvalue weighted by atomic mass is 9.96. The van der Waals surface area contributed by atoms with E-state index >= 15 is 0 Å². The molecule has 0 aromatic rings. The van der Waals surface area contributed by atoms with Gasteiger partial charge in [-0.1, -0.05) is 45.4 Å². The maximum Gasteiger partial charge on any atom is 0.250 e. The average Bonchev–Trinajstić information content (AvgIpc) is 2.39. The first-order chi connectivity index (χ1) is 9.92. The van der Waals surface area contributed by atoms with E-state index in [1.54, 1.807) is 18.2 Å². The van der Waals surface area contributed by atoms with Gasteiger partial charge in [0.1, 0.15) is 0 Å². The summed E-state index contributed by atoms with van der Waals surface area (Å²) in [6.45, 7) is 2.21. The first kappa shape index (κ1) is 17.8. The molecule has 0 spiro atoms. The van der Waals surface area contributed by atoms with Gasteiger partial charge in [0, 0.05) is 0 Å². The number of hydrogen-bond acceptors (Lipinski definition) is 3. The van der Waals surface area contributed by atoms with Crippen molar-refractivity contribution < 1.29 is 8.42 Å². The highest BCUT2D eigenvalue weighted by Crippen LogP contribution is 2.16. The third-order valence-electron chi connectivity index (χ3n) is 3.41. The van der Waals surface area contributed by atoms with E-state index in [2.05, 4.69) is 11.3 Å². The second kappa shape index (κ2) is 8.93. The van der Waals surface area contributed by atoms with E-state index in [1.165, 1.54) is 32.1 Å². The minimum absolute atomic E-state index is 0.423. The molecule has 0 saturated heterocycles. The fourth-order valence-electron chi connectivity index (χ4n) is 2.31. The standard InChI is InChI=1S/C16H26N2O2S/c1-3-4-5-6-7-8-9-10-14-13-15(11-12-16(14)17)18-21(2,19)20/h11-13,17H,3-10H2,1-2H3. The molecule has 1 aliphatic carbocycles. The highest BCUT2D eigenvalue weighted by Gasteiger charge is 2.10.